The van der Waals surface area contributed by atoms with E-state index in [0.717, 1.165) is 23.1 Å². The monoisotopic (exact) mass is 516 g/mol. The van der Waals surface area contributed by atoms with Gasteiger partial charge >= 0.3 is 0 Å². The molecule has 1 aliphatic heterocycles. The molecule has 0 spiro atoms. The van der Waals surface area contributed by atoms with Crippen molar-refractivity contribution < 1.29 is 28.8 Å². The number of aliphatic hydroxyl groups excluding tert-OH is 1. The predicted molar refractivity (Wildman–Crippen MR) is 145 cm³/mol. The summed E-state index contributed by atoms with van der Waals surface area (Å²) in [6, 6.07) is 29.7. The van der Waals surface area contributed by atoms with Crippen LogP contribution in [0.3, 0.4) is 0 Å². The van der Waals surface area contributed by atoms with Gasteiger partial charge in [-0.3, -0.25) is 0 Å². The van der Waals surface area contributed by atoms with Crippen LogP contribution in [0.25, 0.3) is 0 Å². The van der Waals surface area contributed by atoms with Crippen LogP contribution < -0.4 is 0 Å². The normalized spacial score (nSPS) is 22.8. The molecule has 1 N–H and O–H groups in total. The molecule has 0 amide bonds. The number of hydrogen-bond donors (Lipinski definition) is 1. The van der Waals surface area contributed by atoms with E-state index in [1.807, 2.05) is 91.0 Å². The Hall–Kier alpha value is -3.18. The number of unbranched alkanes of at least 4 members (excludes halogenated alkanes) is 1. The topological polar surface area (TPSA) is 66.4 Å². The predicted octanol–water partition coefficient (Wildman–Crippen LogP) is 5.24. The van der Waals surface area contributed by atoms with E-state index in [2.05, 4.69) is 19.0 Å². The van der Waals surface area contributed by atoms with Gasteiger partial charge in [-0.1, -0.05) is 104 Å². The zero-order valence-corrected chi connectivity index (χ0v) is 21.8. The lowest BCUT2D eigenvalue weighted by Crippen LogP contribution is -2.61. The van der Waals surface area contributed by atoms with Crippen LogP contribution in [0.1, 0.15) is 36.5 Å². The standard InChI is InChI=1S/C32H36O6/c1-2-3-13-20-34-32-31(37-24-27-18-11-6-12-19-27)30(36-23-26-16-9-5-10-17-26)29(28(21-33)38-32)35-22-25-14-7-4-8-15-25/h4-12,14-19,28-33H,2-3,21-24H2,1H3/t28-,29+,30+,31-,32+/m1/s1. The first-order valence-corrected chi connectivity index (χ1v) is 13.1. The van der Waals surface area contributed by atoms with E-state index in [0.29, 0.717) is 26.2 Å². The summed E-state index contributed by atoms with van der Waals surface area (Å²) in [6.45, 7) is 2.80. The van der Waals surface area contributed by atoms with Gasteiger partial charge in [0.15, 0.2) is 0 Å². The molecule has 0 saturated carbocycles. The highest BCUT2D eigenvalue weighted by Gasteiger charge is 2.49. The molecule has 200 valence electrons. The van der Waals surface area contributed by atoms with Crippen molar-refractivity contribution in [2.45, 2.75) is 70.3 Å². The van der Waals surface area contributed by atoms with Crippen molar-refractivity contribution in [3.8, 4) is 12.0 Å². The molecule has 38 heavy (non-hydrogen) atoms. The van der Waals surface area contributed by atoms with Crippen LogP contribution in [0.15, 0.2) is 91.0 Å². The first kappa shape index (κ1) is 27.8. The lowest BCUT2D eigenvalue weighted by Gasteiger charge is -2.44. The SMILES string of the molecule is CCCC#CO[C@H]1O[C@H](CO)[C@H](OCc2ccccc2)[C@H](OCc2ccccc2)[C@H]1OCc1ccccc1. The number of ether oxygens (including phenoxy) is 5. The molecule has 1 heterocycles. The number of benzene rings is 3. The van der Waals surface area contributed by atoms with Crippen LogP contribution in [0, 0.1) is 12.0 Å². The van der Waals surface area contributed by atoms with Crippen molar-refractivity contribution >= 4 is 0 Å². The summed E-state index contributed by atoms with van der Waals surface area (Å²) in [6.07, 6.45) is 0.999. The summed E-state index contributed by atoms with van der Waals surface area (Å²) in [5, 5.41) is 10.3. The van der Waals surface area contributed by atoms with E-state index < -0.39 is 30.7 Å². The molecule has 3 aromatic rings. The molecule has 4 rings (SSSR count). The van der Waals surface area contributed by atoms with E-state index in [9.17, 15) is 5.11 Å². The zero-order valence-electron chi connectivity index (χ0n) is 21.8. The van der Waals surface area contributed by atoms with Crippen LogP contribution in [-0.2, 0) is 43.5 Å². The van der Waals surface area contributed by atoms with Crippen LogP contribution >= 0.6 is 0 Å². The van der Waals surface area contributed by atoms with E-state index in [1.165, 1.54) is 0 Å². The second kappa shape index (κ2) is 15.3. The Morgan fingerprint density at radius 3 is 1.63 bits per heavy atom. The van der Waals surface area contributed by atoms with Gasteiger partial charge in [-0.25, -0.2) is 0 Å². The molecule has 0 radical (unpaired) electrons. The molecular formula is C32H36O6. The van der Waals surface area contributed by atoms with Crippen molar-refractivity contribution in [2.75, 3.05) is 6.61 Å². The van der Waals surface area contributed by atoms with Crippen molar-refractivity contribution in [1.29, 1.82) is 0 Å². The van der Waals surface area contributed by atoms with Gasteiger partial charge in [-0.05, 0) is 23.1 Å². The third-order valence-corrected chi connectivity index (χ3v) is 6.25. The molecule has 6 nitrogen and oxygen atoms in total. The number of aliphatic hydroxyl groups is 1. The average Bonchev–Trinajstić information content (AvgIpc) is 2.98. The maximum atomic E-state index is 10.3. The first-order chi connectivity index (χ1) is 18.8. The lowest BCUT2D eigenvalue weighted by molar-refractivity contribution is -0.313. The van der Waals surface area contributed by atoms with Gasteiger partial charge < -0.3 is 28.8 Å². The zero-order chi connectivity index (χ0) is 26.4. The summed E-state index contributed by atoms with van der Waals surface area (Å²) in [4.78, 5) is 0. The van der Waals surface area contributed by atoms with Crippen LogP contribution in [0.4, 0.5) is 0 Å². The quantitative estimate of drug-likeness (QED) is 0.332. The van der Waals surface area contributed by atoms with Crippen molar-refractivity contribution in [2.24, 2.45) is 0 Å². The van der Waals surface area contributed by atoms with E-state index in [-0.39, 0.29) is 6.61 Å². The number of rotatable bonds is 12. The largest absolute Gasteiger partial charge is 0.411 e. The fourth-order valence-corrected chi connectivity index (χ4v) is 4.26. The van der Waals surface area contributed by atoms with Gasteiger partial charge in [0.1, 0.15) is 30.5 Å². The minimum Gasteiger partial charge on any atom is -0.411 e. The van der Waals surface area contributed by atoms with Gasteiger partial charge in [0.05, 0.1) is 26.4 Å². The lowest BCUT2D eigenvalue weighted by atomic mass is 9.98. The molecule has 3 aromatic carbocycles. The average molecular weight is 517 g/mol. The minimum atomic E-state index is -0.863. The van der Waals surface area contributed by atoms with Gasteiger partial charge in [0.25, 0.3) is 0 Å². The Morgan fingerprint density at radius 1 is 0.684 bits per heavy atom. The highest BCUT2D eigenvalue weighted by Crippen LogP contribution is 2.31. The molecule has 1 fully saturated rings. The second-order valence-electron chi connectivity index (χ2n) is 9.16. The molecule has 0 aliphatic carbocycles. The Labute approximate surface area is 225 Å². The summed E-state index contributed by atoms with van der Waals surface area (Å²) in [5.74, 6) is 3.00. The Morgan fingerprint density at radius 2 is 1.16 bits per heavy atom. The Bertz CT molecular complexity index is 1110. The van der Waals surface area contributed by atoms with E-state index >= 15 is 0 Å². The van der Waals surface area contributed by atoms with Crippen LogP contribution in [0.2, 0.25) is 0 Å². The summed E-state index contributed by atoms with van der Waals surface area (Å²) >= 11 is 0. The molecule has 1 aliphatic rings. The third kappa shape index (κ3) is 8.16. The van der Waals surface area contributed by atoms with E-state index in [4.69, 9.17) is 23.7 Å². The highest BCUT2D eigenvalue weighted by atomic mass is 16.7. The summed E-state index contributed by atoms with van der Waals surface area (Å²) in [7, 11) is 0. The minimum absolute atomic E-state index is 0.266. The fraction of sp³-hybridized carbons (Fsp3) is 0.375. The van der Waals surface area contributed by atoms with Gasteiger partial charge in [-0.15, -0.1) is 0 Å². The molecule has 0 unspecified atom stereocenters. The molecule has 0 bridgehead atoms. The van der Waals surface area contributed by atoms with Crippen molar-refractivity contribution in [1.82, 2.24) is 0 Å². The van der Waals surface area contributed by atoms with Crippen molar-refractivity contribution in [3.63, 3.8) is 0 Å². The smallest absolute Gasteiger partial charge is 0.239 e. The van der Waals surface area contributed by atoms with Crippen molar-refractivity contribution in [3.05, 3.63) is 108 Å². The summed E-state index contributed by atoms with van der Waals surface area (Å²) in [5.41, 5.74) is 3.04. The molecular weight excluding hydrogens is 480 g/mol. The molecule has 0 aromatic heterocycles. The second-order valence-corrected chi connectivity index (χ2v) is 9.16. The van der Waals surface area contributed by atoms with Crippen LogP contribution in [0.5, 0.6) is 0 Å². The first-order valence-electron chi connectivity index (χ1n) is 13.1. The molecule has 5 atom stereocenters. The number of hydrogen-bond acceptors (Lipinski definition) is 6. The maximum Gasteiger partial charge on any atom is 0.239 e. The van der Waals surface area contributed by atoms with Gasteiger partial charge in [0.2, 0.25) is 6.29 Å². The Balaban J connectivity index is 1.60. The van der Waals surface area contributed by atoms with Crippen LogP contribution in [-0.4, -0.2) is 42.4 Å². The molecule has 6 heteroatoms. The maximum absolute atomic E-state index is 10.3. The van der Waals surface area contributed by atoms with Gasteiger partial charge in [-0.2, -0.15) is 0 Å². The highest BCUT2D eigenvalue weighted by molar-refractivity contribution is 5.15. The summed E-state index contributed by atoms with van der Waals surface area (Å²) < 4.78 is 31.3. The molecule has 1 saturated heterocycles. The van der Waals surface area contributed by atoms with Gasteiger partial charge in [0, 0.05) is 6.42 Å². The fourth-order valence-electron chi connectivity index (χ4n) is 4.26. The third-order valence-electron chi connectivity index (χ3n) is 6.25. The van der Waals surface area contributed by atoms with E-state index in [1.54, 1.807) is 0 Å². The Kier molecular flexibility index (Phi) is 11.2.